The summed E-state index contributed by atoms with van der Waals surface area (Å²) in [6.45, 7) is 4.78. The van der Waals surface area contributed by atoms with Crippen LogP contribution in [0.25, 0.3) is 0 Å². The van der Waals surface area contributed by atoms with Crippen molar-refractivity contribution in [1.82, 2.24) is 4.98 Å². The van der Waals surface area contributed by atoms with Gasteiger partial charge in [0.05, 0.1) is 11.4 Å². The molecule has 0 atom stereocenters. The van der Waals surface area contributed by atoms with Gasteiger partial charge < -0.3 is 10.6 Å². The van der Waals surface area contributed by atoms with Crippen molar-refractivity contribution in [3.63, 3.8) is 0 Å². The summed E-state index contributed by atoms with van der Waals surface area (Å²) in [5, 5.41) is 6.21. The Morgan fingerprint density at radius 1 is 1.25 bits per heavy atom. The highest BCUT2D eigenvalue weighted by atomic mass is 16.1. The van der Waals surface area contributed by atoms with Gasteiger partial charge in [-0.2, -0.15) is 0 Å². The zero-order valence-corrected chi connectivity index (χ0v) is 11.7. The van der Waals surface area contributed by atoms with E-state index in [4.69, 9.17) is 0 Å². The van der Waals surface area contributed by atoms with Crippen LogP contribution in [0.3, 0.4) is 0 Å². The summed E-state index contributed by atoms with van der Waals surface area (Å²) < 4.78 is 0. The van der Waals surface area contributed by atoms with E-state index in [1.807, 2.05) is 44.2 Å². The number of benzene rings is 1. The maximum atomic E-state index is 12.3. The van der Waals surface area contributed by atoms with Gasteiger partial charge in [0.1, 0.15) is 0 Å². The molecule has 1 aliphatic rings. The highest BCUT2D eigenvalue weighted by Gasteiger charge is 2.14. The second kappa shape index (κ2) is 4.96. The summed E-state index contributed by atoms with van der Waals surface area (Å²) in [7, 11) is 0. The van der Waals surface area contributed by atoms with Gasteiger partial charge in [-0.05, 0) is 56.2 Å². The summed E-state index contributed by atoms with van der Waals surface area (Å²) in [4.78, 5) is 16.6. The maximum Gasteiger partial charge on any atom is 0.255 e. The van der Waals surface area contributed by atoms with Crippen LogP contribution in [-0.4, -0.2) is 17.4 Å². The van der Waals surface area contributed by atoms with Crippen molar-refractivity contribution in [3.8, 4) is 0 Å². The Morgan fingerprint density at radius 3 is 2.90 bits per heavy atom. The van der Waals surface area contributed by atoms with E-state index in [1.54, 1.807) is 0 Å². The molecule has 0 radical (unpaired) electrons. The summed E-state index contributed by atoms with van der Waals surface area (Å²) in [6.07, 6.45) is 0.974. The Morgan fingerprint density at radius 2 is 2.10 bits per heavy atom. The van der Waals surface area contributed by atoms with Crippen LogP contribution in [0.1, 0.15) is 27.3 Å². The second-order valence-electron chi connectivity index (χ2n) is 5.09. The zero-order chi connectivity index (χ0) is 14.1. The quantitative estimate of drug-likeness (QED) is 0.879. The SMILES string of the molecule is Cc1ccc(NC(=O)c2ccc3c(c2)CCN3)c(C)n1. The van der Waals surface area contributed by atoms with E-state index in [1.165, 1.54) is 5.56 Å². The molecule has 0 saturated carbocycles. The molecule has 2 N–H and O–H groups in total. The standard InChI is InChI=1S/C16H17N3O/c1-10-3-5-14(11(2)18-10)19-16(20)13-4-6-15-12(9-13)7-8-17-15/h3-6,9,17H,7-8H2,1-2H3,(H,19,20). The molecule has 2 heterocycles. The normalized spacial score (nSPS) is 12.7. The highest BCUT2D eigenvalue weighted by molar-refractivity contribution is 6.05. The van der Waals surface area contributed by atoms with E-state index in [0.29, 0.717) is 5.56 Å². The first kappa shape index (κ1) is 12.7. The van der Waals surface area contributed by atoms with Gasteiger partial charge in [0.25, 0.3) is 5.91 Å². The Balaban J connectivity index is 1.82. The van der Waals surface area contributed by atoms with Crippen LogP contribution >= 0.6 is 0 Å². The van der Waals surface area contributed by atoms with Crippen molar-refractivity contribution in [3.05, 3.63) is 52.8 Å². The van der Waals surface area contributed by atoms with Gasteiger partial charge in [-0.3, -0.25) is 9.78 Å². The Kier molecular flexibility index (Phi) is 3.14. The molecule has 0 saturated heterocycles. The van der Waals surface area contributed by atoms with Crippen molar-refractivity contribution >= 4 is 17.3 Å². The molecule has 4 heteroatoms. The van der Waals surface area contributed by atoms with Gasteiger partial charge in [0.2, 0.25) is 0 Å². The third kappa shape index (κ3) is 2.37. The van der Waals surface area contributed by atoms with Gasteiger partial charge in [-0.25, -0.2) is 0 Å². The van der Waals surface area contributed by atoms with Crippen LogP contribution in [0, 0.1) is 13.8 Å². The fourth-order valence-electron chi connectivity index (χ4n) is 2.46. The number of fused-ring (bicyclic) bond motifs is 1. The average molecular weight is 267 g/mol. The van der Waals surface area contributed by atoms with Crippen LogP contribution in [0.15, 0.2) is 30.3 Å². The Hall–Kier alpha value is -2.36. The minimum absolute atomic E-state index is 0.0894. The number of rotatable bonds is 2. The zero-order valence-electron chi connectivity index (χ0n) is 11.7. The summed E-state index contributed by atoms with van der Waals surface area (Å²) >= 11 is 0. The average Bonchev–Trinajstić information content (AvgIpc) is 2.89. The molecule has 1 aromatic heterocycles. The Labute approximate surface area is 118 Å². The van der Waals surface area contributed by atoms with Crippen molar-refractivity contribution in [2.45, 2.75) is 20.3 Å². The lowest BCUT2D eigenvalue weighted by molar-refractivity contribution is 0.102. The van der Waals surface area contributed by atoms with Gasteiger partial charge in [-0.1, -0.05) is 0 Å². The fourth-order valence-corrected chi connectivity index (χ4v) is 2.46. The maximum absolute atomic E-state index is 12.3. The number of anilines is 2. The van der Waals surface area contributed by atoms with Crippen molar-refractivity contribution in [1.29, 1.82) is 0 Å². The van der Waals surface area contributed by atoms with E-state index in [0.717, 1.165) is 35.7 Å². The topological polar surface area (TPSA) is 54.0 Å². The van der Waals surface area contributed by atoms with Crippen molar-refractivity contribution in [2.75, 3.05) is 17.2 Å². The third-order valence-electron chi connectivity index (χ3n) is 3.55. The van der Waals surface area contributed by atoms with Crippen LogP contribution in [0.5, 0.6) is 0 Å². The van der Waals surface area contributed by atoms with Gasteiger partial charge in [-0.15, -0.1) is 0 Å². The first-order valence-electron chi connectivity index (χ1n) is 6.76. The number of carbonyl (C=O) groups is 1. The lowest BCUT2D eigenvalue weighted by Gasteiger charge is -2.09. The van der Waals surface area contributed by atoms with Crippen LogP contribution in [-0.2, 0) is 6.42 Å². The molecule has 2 aromatic rings. The number of pyridine rings is 1. The Bertz CT molecular complexity index is 679. The van der Waals surface area contributed by atoms with Crippen LogP contribution in [0.4, 0.5) is 11.4 Å². The molecule has 1 amide bonds. The first-order chi connectivity index (χ1) is 9.63. The van der Waals surface area contributed by atoms with E-state index < -0.39 is 0 Å². The van der Waals surface area contributed by atoms with E-state index in [2.05, 4.69) is 15.6 Å². The number of carbonyl (C=O) groups excluding carboxylic acids is 1. The van der Waals surface area contributed by atoms with Gasteiger partial charge in [0.15, 0.2) is 0 Å². The van der Waals surface area contributed by atoms with Crippen LogP contribution < -0.4 is 10.6 Å². The predicted octanol–water partition coefficient (Wildman–Crippen LogP) is 2.92. The van der Waals surface area contributed by atoms with E-state index in [-0.39, 0.29) is 5.91 Å². The number of nitrogens with one attached hydrogen (secondary N) is 2. The third-order valence-corrected chi connectivity index (χ3v) is 3.55. The monoisotopic (exact) mass is 267 g/mol. The van der Waals surface area contributed by atoms with Gasteiger partial charge >= 0.3 is 0 Å². The molecule has 0 spiro atoms. The summed E-state index contributed by atoms with van der Waals surface area (Å²) in [5.41, 5.74) is 5.57. The number of hydrogen-bond donors (Lipinski definition) is 2. The first-order valence-corrected chi connectivity index (χ1v) is 6.76. The lowest BCUT2D eigenvalue weighted by Crippen LogP contribution is -2.13. The molecule has 0 unspecified atom stereocenters. The highest BCUT2D eigenvalue weighted by Crippen LogP contribution is 2.23. The predicted molar refractivity (Wildman–Crippen MR) is 80.3 cm³/mol. The minimum atomic E-state index is -0.0894. The molecular formula is C16H17N3O. The molecule has 4 nitrogen and oxygen atoms in total. The number of hydrogen-bond acceptors (Lipinski definition) is 3. The van der Waals surface area contributed by atoms with Crippen molar-refractivity contribution in [2.24, 2.45) is 0 Å². The lowest BCUT2D eigenvalue weighted by atomic mass is 10.1. The molecule has 1 aliphatic heterocycles. The largest absolute Gasteiger partial charge is 0.384 e. The number of aromatic nitrogens is 1. The second-order valence-corrected chi connectivity index (χ2v) is 5.09. The molecule has 3 rings (SSSR count). The molecule has 102 valence electrons. The van der Waals surface area contributed by atoms with E-state index >= 15 is 0 Å². The van der Waals surface area contributed by atoms with Crippen molar-refractivity contribution < 1.29 is 4.79 Å². The number of aryl methyl sites for hydroxylation is 2. The molecule has 0 aliphatic carbocycles. The molecular weight excluding hydrogens is 250 g/mol. The number of amides is 1. The molecule has 0 bridgehead atoms. The molecule has 20 heavy (non-hydrogen) atoms. The summed E-state index contributed by atoms with van der Waals surface area (Å²) in [6, 6.07) is 9.57. The number of nitrogens with zero attached hydrogens (tertiary/aromatic N) is 1. The molecule has 0 fully saturated rings. The minimum Gasteiger partial charge on any atom is -0.384 e. The summed E-state index contributed by atoms with van der Waals surface area (Å²) in [5.74, 6) is -0.0894. The molecule has 1 aromatic carbocycles. The fraction of sp³-hybridized carbons (Fsp3) is 0.250. The van der Waals surface area contributed by atoms with Crippen LogP contribution in [0.2, 0.25) is 0 Å². The van der Waals surface area contributed by atoms with Gasteiger partial charge in [0, 0.05) is 23.5 Å². The van der Waals surface area contributed by atoms with E-state index in [9.17, 15) is 4.79 Å². The smallest absolute Gasteiger partial charge is 0.255 e.